The number of likely N-dealkylation sites (N-methyl/N-ethyl adjacent to an activating group) is 1. The summed E-state index contributed by atoms with van der Waals surface area (Å²) in [6.07, 6.45) is 2.95. The Hall–Kier alpha value is -0.860. The van der Waals surface area contributed by atoms with Gasteiger partial charge >= 0.3 is 0 Å². The van der Waals surface area contributed by atoms with Crippen molar-refractivity contribution in [2.45, 2.75) is 44.8 Å². The van der Waals surface area contributed by atoms with E-state index < -0.39 is 0 Å². The van der Waals surface area contributed by atoms with E-state index in [0.29, 0.717) is 18.1 Å². The highest BCUT2D eigenvalue weighted by Gasteiger charge is 2.48. The van der Waals surface area contributed by atoms with Crippen molar-refractivity contribution >= 4 is 0 Å². The van der Waals surface area contributed by atoms with Gasteiger partial charge in [-0.25, -0.2) is 0 Å². The second kappa shape index (κ2) is 5.64. The van der Waals surface area contributed by atoms with E-state index in [2.05, 4.69) is 49.5 Å². The van der Waals surface area contributed by atoms with Gasteiger partial charge in [-0.3, -0.25) is 0 Å². The van der Waals surface area contributed by atoms with E-state index in [1.165, 1.54) is 18.4 Å². The average Bonchev–Trinajstić information content (AvgIpc) is 3.12. The van der Waals surface area contributed by atoms with E-state index in [-0.39, 0.29) is 0 Å². The second-order valence-corrected chi connectivity index (χ2v) is 6.10. The minimum atomic E-state index is 0.415. The van der Waals surface area contributed by atoms with Crippen molar-refractivity contribution in [3.05, 3.63) is 35.9 Å². The standard InChI is InChI=1S/C17H25NO/c1-3-18-16(17-12(2)9-10-19-17)15-11-14(15)13-7-5-4-6-8-13/h4-8,12,14-18H,3,9-11H2,1-2H3. The highest BCUT2D eigenvalue weighted by Crippen LogP contribution is 2.51. The molecule has 0 spiro atoms. The van der Waals surface area contributed by atoms with E-state index in [1.54, 1.807) is 0 Å². The predicted molar refractivity (Wildman–Crippen MR) is 78.3 cm³/mol. The van der Waals surface area contributed by atoms with E-state index in [0.717, 1.165) is 25.0 Å². The third kappa shape index (κ3) is 2.70. The molecule has 0 radical (unpaired) electrons. The maximum absolute atomic E-state index is 6.00. The summed E-state index contributed by atoms with van der Waals surface area (Å²) in [5.41, 5.74) is 1.50. The van der Waals surface area contributed by atoms with Gasteiger partial charge in [0.1, 0.15) is 0 Å². The van der Waals surface area contributed by atoms with Crippen molar-refractivity contribution in [3.63, 3.8) is 0 Å². The fourth-order valence-corrected chi connectivity index (χ4v) is 3.62. The Morgan fingerprint density at radius 1 is 1.32 bits per heavy atom. The second-order valence-electron chi connectivity index (χ2n) is 6.10. The zero-order valence-electron chi connectivity index (χ0n) is 12.0. The van der Waals surface area contributed by atoms with Gasteiger partial charge in [0.25, 0.3) is 0 Å². The summed E-state index contributed by atoms with van der Waals surface area (Å²) in [6, 6.07) is 11.5. The zero-order chi connectivity index (χ0) is 13.2. The number of nitrogens with one attached hydrogen (secondary N) is 1. The topological polar surface area (TPSA) is 21.3 Å². The molecule has 1 saturated carbocycles. The van der Waals surface area contributed by atoms with Crippen LogP contribution in [0, 0.1) is 11.8 Å². The van der Waals surface area contributed by atoms with Gasteiger partial charge < -0.3 is 10.1 Å². The summed E-state index contributed by atoms with van der Waals surface area (Å²) in [4.78, 5) is 0. The van der Waals surface area contributed by atoms with Crippen LogP contribution in [0.15, 0.2) is 30.3 Å². The van der Waals surface area contributed by atoms with Crippen molar-refractivity contribution in [1.82, 2.24) is 5.32 Å². The first-order valence-electron chi connectivity index (χ1n) is 7.71. The molecule has 0 aromatic heterocycles. The molecule has 19 heavy (non-hydrogen) atoms. The molecule has 3 rings (SSSR count). The van der Waals surface area contributed by atoms with Crippen LogP contribution >= 0.6 is 0 Å². The summed E-state index contributed by atoms with van der Waals surface area (Å²) < 4.78 is 6.00. The van der Waals surface area contributed by atoms with Gasteiger partial charge in [-0.05, 0) is 42.7 Å². The lowest BCUT2D eigenvalue weighted by atomic mass is 9.92. The smallest absolute Gasteiger partial charge is 0.0757 e. The fraction of sp³-hybridized carbons (Fsp3) is 0.647. The van der Waals surface area contributed by atoms with Crippen LogP contribution in [0.1, 0.15) is 38.2 Å². The first-order chi connectivity index (χ1) is 9.31. The molecule has 2 nitrogen and oxygen atoms in total. The molecule has 104 valence electrons. The summed E-state index contributed by atoms with van der Waals surface area (Å²) in [5.74, 6) is 2.19. The molecule has 1 aromatic rings. The number of hydrogen-bond acceptors (Lipinski definition) is 2. The van der Waals surface area contributed by atoms with Gasteiger partial charge in [0, 0.05) is 12.6 Å². The maximum atomic E-state index is 6.00. The Kier molecular flexibility index (Phi) is 3.90. The molecule has 1 aliphatic heterocycles. The number of hydrogen-bond donors (Lipinski definition) is 1. The van der Waals surface area contributed by atoms with Crippen molar-refractivity contribution in [2.24, 2.45) is 11.8 Å². The summed E-state index contributed by atoms with van der Waals surface area (Å²) in [7, 11) is 0. The van der Waals surface area contributed by atoms with Crippen LogP contribution in [-0.4, -0.2) is 25.3 Å². The number of ether oxygens (including phenoxy) is 1. The van der Waals surface area contributed by atoms with Crippen LogP contribution < -0.4 is 5.32 Å². The molecule has 0 amide bonds. The first-order valence-corrected chi connectivity index (χ1v) is 7.71. The molecule has 1 heterocycles. The van der Waals surface area contributed by atoms with E-state index in [4.69, 9.17) is 4.74 Å². The minimum Gasteiger partial charge on any atom is -0.376 e. The summed E-state index contributed by atoms with van der Waals surface area (Å²) >= 11 is 0. The molecule has 1 saturated heterocycles. The van der Waals surface area contributed by atoms with Gasteiger partial charge in [-0.1, -0.05) is 44.2 Å². The van der Waals surface area contributed by atoms with Crippen LogP contribution in [0.5, 0.6) is 0 Å². The number of benzene rings is 1. The molecule has 5 atom stereocenters. The lowest BCUT2D eigenvalue weighted by molar-refractivity contribution is 0.0539. The lowest BCUT2D eigenvalue weighted by Crippen LogP contribution is -2.44. The quantitative estimate of drug-likeness (QED) is 0.877. The summed E-state index contributed by atoms with van der Waals surface area (Å²) in [5, 5.41) is 3.69. The molecule has 2 aliphatic rings. The van der Waals surface area contributed by atoms with Crippen molar-refractivity contribution < 1.29 is 4.74 Å². The van der Waals surface area contributed by atoms with Crippen LogP contribution in [0.2, 0.25) is 0 Å². The van der Waals surface area contributed by atoms with E-state index >= 15 is 0 Å². The predicted octanol–water partition coefficient (Wildman–Crippen LogP) is 3.19. The van der Waals surface area contributed by atoms with Gasteiger partial charge in [0.05, 0.1) is 6.10 Å². The summed E-state index contributed by atoms with van der Waals surface area (Å²) in [6.45, 7) is 6.51. The first kappa shape index (κ1) is 13.1. The monoisotopic (exact) mass is 259 g/mol. The average molecular weight is 259 g/mol. The molecular weight excluding hydrogens is 234 g/mol. The van der Waals surface area contributed by atoms with Crippen LogP contribution in [-0.2, 0) is 4.74 Å². The Balaban J connectivity index is 1.69. The Morgan fingerprint density at radius 3 is 2.74 bits per heavy atom. The van der Waals surface area contributed by atoms with Gasteiger partial charge in [0.15, 0.2) is 0 Å². The van der Waals surface area contributed by atoms with E-state index in [9.17, 15) is 0 Å². The Bertz CT molecular complexity index is 405. The van der Waals surface area contributed by atoms with Crippen LogP contribution in [0.3, 0.4) is 0 Å². The molecule has 1 N–H and O–H groups in total. The van der Waals surface area contributed by atoms with Crippen LogP contribution in [0.25, 0.3) is 0 Å². The van der Waals surface area contributed by atoms with Gasteiger partial charge in [0.2, 0.25) is 0 Å². The molecule has 5 unspecified atom stereocenters. The fourth-order valence-electron chi connectivity index (χ4n) is 3.62. The van der Waals surface area contributed by atoms with Gasteiger partial charge in [-0.15, -0.1) is 0 Å². The maximum Gasteiger partial charge on any atom is 0.0757 e. The Morgan fingerprint density at radius 2 is 2.11 bits per heavy atom. The largest absolute Gasteiger partial charge is 0.376 e. The molecule has 1 aliphatic carbocycles. The van der Waals surface area contributed by atoms with Crippen LogP contribution in [0.4, 0.5) is 0 Å². The third-order valence-corrected chi connectivity index (χ3v) is 4.77. The van der Waals surface area contributed by atoms with Gasteiger partial charge in [-0.2, -0.15) is 0 Å². The molecular formula is C17H25NO. The van der Waals surface area contributed by atoms with Crippen molar-refractivity contribution in [3.8, 4) is 0 Å². The lowest BCUT2D eigenvalue weighted by Gasteiger charge is -2.27. The molecule has 1 aromatic carbocycles. The minimum absolute atomic E-state index is 0.415. The molecule has 2 heteroatoms. The SMILES string of the molecule is CCNC(C1CC1c1ccccc1)C1OCCC1C. The van der Waals surface area contributed by atoms with Crippen molar-refractivity contribution in [1.29, 1.82) is 0 Å². The normalized spacial score (nSPS) is 35.3. The van der Waals surface area contributed by atoms with E-state index in [1.807, 2.05) is 0 Å². The molecule has 2 fully saturated rings. The zero-order valence-corrected chi connectivity index (χ0v) is 12.0. The molecule has 0 bridgehead atoms. The number of rotatable bonds is 5. The highest BCUT2D eigenvalue weighted by atomic mass is 16.5. The third-order valence-electron chi connectivity index (χ3n) is 4.77. The Labute approximate surface area is 116 Å². The van der Waals surface area contributed by atoms with Crippen molar-refractivity contribution in [2.75, 3.05) is 13.2 Å². The highest BCUT2D eigenvalue weighted by molar-refractivity contribution is 5.27.